The number of hydrogen-bond acceptors (Lipinski definition) is 7. The lowest BCUT2D eigenvalue weighted by Gasteiger charge is -2.44. The zero-order chi connectivity index (χ0) is 20.7. The lowest BCUT2D eigenvalue weighted by Crippen LogP contribution is -2.69. The van der Waals surface area contributed by atoms with Crippen LogP contribution >= 0.6 is 0 Å². The Morgan fingerprint density at radius 2 is 1.75 bits per heavy atom. The minimum absolute atomic E-state index is 0.145. The van der Waals surface area contributed by atoms with Crippen LogP contribution in [-0.4, -0.2) is 61.2 Å². The highest BCUT2D eigenvalue weighted by Crippen LogP contribution is 2.26. The van der Waals surface area contributed by atoms with Gasteiger partial charge in [-0.3, -0.25) is 9.59 Å². The first kappa shape index (κ1) is 21.3. The standard InChI is InChI=1S/C17H23N5O6/c1-9(23)20-14-13(8-19-22-18)28-17(15(16(14)25)21-10(2)24)27-12-6-4-11(26-3)5-7-12/h4-7,13-17,25H,8H2,1-3H3,(H,20,23)(H,21,24)/t13-,14-,15+,16+,17-/m1/s1. The van der Waals surface area contributed by atoms with E-state index in [1.165, 1.54) is 21.0 Å². The molecule has 5 atom stereocenters. The van der Waals surface area contributed by atoms with Gasteiger partial charge in [-0.05, 0) is 29.8 Å². The van der Waals surface area contributed by atoms with E-state index in [2.05, 4.69) is 20.7 Å². The van der Waals surface area contributed by atoms with Gasteiger partial charge in [-0.15, -0.1) is 0 Å². The third kappa shape index (κ3) is 5.49. The molecule has 0 aliphatic carbocycles. The fourth-order valence-electron chi connectivity index (χ4n) is 2.91. The van der Waals surface area contributed by atoms with Crippen molar-refractivity contribution in [3.8, 4) is 11.5 Å². The van der Waals surface area contributed by atoms with Gasteiger partial charge in [-0.25, -0.2) is 0 Å². The van der Waals surface area contributed by atoms with Gasteiger partial charge in [-0.1, -0.05) is 5.11 Å². The number of methoxy groups -OCH3 is 1. The van der Waals surface area contributed by atoms with Gasteiger partial charge in [0, 0.05) is 18.8 Å². The molecular weight excluding hydrogens is 370 g/mol. The van der Waals surface area contributed by atoms with Gasteiger partial charge in [0.25, 0.3) is 0 Å². The average molecular weight is 393 g/mol. The number of ether oxygens (including phenoxy) is 3. The van der Waals surface area contributed by atoms with Crippen LogP contribution in [-0.2, 0) is 14.3 Å². The van der Waals surface area contributed by atoms with Crippen molar-refractivity contribution in [3.05, 3.63) is 34.7 Å². The van der Waals surface area contributed by atoms with E-state index in [9.17, 15) is 14.7 Å². The second-order valence-electron chi connectivity index (χ2n) is 6.19. The van der Waals surface area contributed by atoms with Gasteiger partial charge >= 0.3 is 0 Å². The summed E-state index contributed by atoms with van der Waals surface area (Å²) >= 11 is 0. The van der Waals surface area contributed by atoms with Crippen molar-refractivity contribution in [1.29, 1.82) is 0 Å². The minimum atomic E-state index is -1.25. The monoisotopic (exact) mass is 393 g/mol. The Balaban J connectivity index is 2.29. The van der Waals surface area contributed by atoms with E-state index in [0.717, 1.165) is 0 Å². The summed E-state index contributed by atoms with van der Waals surface area (Å²) in [6, 6.07) is 4.76. The van der Waals surface area contributed by atoms with Crippen LogP contribution in [0.25, 0.3) is 10.4 Å². The molecule has 0 unspecified atom stereocenters. The van der Waals surface area contributed by atoms with Crippen molar-refractivity contribution in [3.63, 3.8) is 0 Å². The number of hydrogen-bond donors (Lipinski definition) is 3. The topological polar surface area (TPSA) is 155 Å². The first-order valence-electron chi connectivity index (χ1n) is 8.55. The summed E-state index contributed by atoms with van der Waals surface area (Å²) in [5.41, 5.74) is 8.61. The molecule has 0 bridgehead atoms. The molecule has 2 amide bonds. The van der Waals surface area contributed by atoms with Crippen LogP contribution in [0.1, 0.15) is 13.8 Å². The smallest absolute Gasteiger partial charge is 0.223 e. The molecular formula is C17H23N5O6. The lowest BCUT2D eigenvalue weighted by atomic mass is 9.93. The van der Waals surface area contributed by atoms with Gasteiger partial charge in [0.05, 0.1) is 25.8 Å². The number of benzene rings is 1. The maximum Gasteiger partial charge on any atom is 0.223 e. The second kappa shape index (κ2) is 9.79. The predicted octanol–water partition coefficient (Wildman–Crippen LogP) is 0.479. The highest BCUT2D eigenvalue weighted by molar-refractivity contribution is 5.74. The number of nitrogens with zero attached hydrogens (tertiary/aromatic N) is 3. The second-order valence-corrected chi connectivity index (χ2v) is 6.19. The molecule has 1 saturated heterocycles. The van der Waals surface area contributed by atoms with Crippen molar-refractivity contribution < 1.29 is 28.9 Å². The van der Waals surface area contributed by atoms with Crippen molar-refractivity contribution in [1.82, 2.24) is 10.6 Å². The molecule has 0 saturated carbocycles. The van der Waals surface area contributed by atoms with Crippen LogP contribution in [0.15, 0.2) is 29.4 Å². The van der Waals surface area contributed by atoms with Crippen molar-refractivity contribution >= 4 is 11.8 Å². The molecule has 11 nitrogen and oxygen atoms in total. The van der Waals surface area contributed by atoms with Crippen LogP contribution in [0.4, 0.5) is 0 Å². The molecule has 0 radical (unpaired) electrons. The fourth-order valence-corrected chi connectivity index (χ4v) is 2.91. The zero-order valence-corrected chi connectivity index (χ0v) is 15.7. The van der Waals surface area contributed by atoms with E-state index in [0.29, 0.717) is 11.5 Å². The summed E-state index contributed by atoms with van der Waals surface area (Å²) in [5.74, 6) is 0.219. The molecule has 28 heavy (non-hydrogen) atoms. The van der Waals surface area contributed by atoms with E-state index in [1.54, 1.807) is 24.3 Å². The maximum absolute atomic E-state index is 11.6. The molecule has 11 heteroatoms. The first-order valence-corrected chi connectivity index (χ1v) is 8.55. The number of nitrogens with one attached hydrogen (secondary N) is 2. The summed E-state index contributed by atoms with van der Waals surface area (Å²) in [4.78, 5) is 25.8. The highest BCUT2D eigenvalue weighted by Gasteiger charge is 2.47. The normalized spacial score (nSPS) is 26.5. The van der Waals surface area contributed by atoms with Crippen LogP contribution in [0.3, 0.4) is 0 Å². The molecule has 3 N–H and O–H groups in total. The van der Waals surface area contributed by atoms with Crippen molar-refractivity contribution in [2.24, 2.45) is 5.11 Å². The molecule has 1 aliphatic heterocycles. The number of aliphatic hydroxyl groups excluding tert-OH is 1. The number of carbonyl (C=O) groups excluding carboxylic acids is 2. The molecule has 0 spiro atoms. The Bertz CT molecular complexity index is 736. The van der Waals surface area contributed by atoms with Gasteiger partial charge in [0.2, 0.25) is 18.1 Å². The molecule has 1 fully saturated rings. The molecule has 0 aromatic heterocycles. The summed E-state index contributed by atoms with van der Waals surface area (Å²) < 4.78 is 16.7. The summed E-state index contributed by atoms with van der Waals surface area (Å²) in [6.07, 6.45) is -3.19. The first-order chi connectivity index (χ1) is 13.3. The minimum Gasteiger partial charge on any atom is -0.497 e. The van der Waals surface area contributed by atoms with E-state index < -0.39 is 42.4 Å². The summed E-state index contributed by atoms with van der Waals surface area (Å²) in [5, 5.41) is 19.4. The van der Waals surface area contributed by atoms with E-state index in [1.807, 2.05) is 0 Å². The quantitative estimate of drug-likeness (QED) is 0.348. The number of amides is 2. The molecule has 1 aromatic rings. The van der Waals surface area contributed by atoms with E-state index >= 15 is 0 Å². The van der Waals surface area contributed by atoms with Gasteiger partial charge in [0.15, 0.2) is 0 Å². The van der Waals surface area contributed by atoms with E-state index in [-0.39, 0.29) is 6.54 Å². The largest absolute Gasteiger partial charge is 0.497 e. The molecule has 1 heterocycles. The third-order valence-electron chi connectivity index (χ3n) is 4.11. The van der Waals surface area contributed by atoms with Crippen LogP contribution < -0.4 is 20.1 Å². The maximum atomic E-state index is 11.6. The predicted molar refractivity (Wildman–Crippen MR) is 97.5 cm³/mol. The lowest BCUT2D eigenvalue weighted by molar-refractivity contribution is -0.205. The highest BCUT2D eigenvalue weighted by atomic mass is 16.7. The molecule has 1 aliphatic rings. The van der Waals surface area contributed by atoms with Crippen LogP contribution in [0.5, 0.6) is 11.5 Å². The SMILES string of the molecule is COc1ccc(O[C@@H]2O[C@H](CN=[N+]=[N-])[C@@H](NC(C)=O)[C@H](O)[C@@H]2NC(C)=O)cc1. The summed E-state index contributed by atoms with van der Waals surface area (Å²) in [6.45, 7) is 2.43. The van der Waals surface area contributed by atoms with Crippen molar-refractivity contribution in [2.45, 2.75) is 44.4 Å². The molecule has 2 rings (SSSR count). The molecule has 152 valence electrons. The van der Waals surface area contributed by atoms with Gasteiger partial charge in [0.1, 0.15) is 23.6 Å². The number of azide groups is 1. The zero-order valence-electron chi connectivity index (χ0n) is 15.7. The third-order valence-corrected chi connectivity index (χ3v) is 4.11. The van der Waals surface area contributed by atoms with Gasteiger partial charge in [-0.2, -0.15) is 0 Å². The fraction of sp³-hybridized carbons (Fsp3) is 0.529. The van der Waals surface area contributed by atoms with Crippen LogP contribution in [0.2, 0.25) is 0 Å². The number of rotatable bonds is 7. The number of carbonyl (C=O) groups is 2. The average Bonchev–Trinajstić information content (AvgIpc) is 2.65. The Morgan fingerprint density at radius 1 is 1.18 bits per heavy atom. The van der Waals surface area contributed by atoms with Crippen molar-refractivity contribution in [2.75, 3.05) is 13.7 Å². The van der Waals surface area contributed by atoms with Crippen LogP contribution in [0, 0.1) is 0 Å². The van der Waals surface area contributed by atoms with E-state index in [4.69, 9.17) is 19.7 Å². The van der Waals surface area contributed by atoms with Gasteiger partial charge < -0.3 is 30.0 Å². The molecule has 1 aromatic carbocycles. The summed E-state index contributed by atoms with van der Waals surface area (Å²) in [7, 11) is 1.53. The Kier molecular flexibility index (Phi) is 7.44. The Hall–Kier alpha value is -3.01. The number of aliphatic hydroxyl groups is 1. The Labute approximate surface area is 161 Å². The Morgan fingerprint density at radius 3 is 2.29 bits per heavy atom.